The van der Waals surface area contributed by atoms with Crippen molar-refractivity contribution in [3.63, 3.8) is 0 Å². The minimum Gasteiger partial charge on any atom is -0.396 e. The molecule has 0 spiro atoms. The van der Waals surface area contributed by atoms with Gasteiger partial charge in [-0.2, -0.15) is 0 Å². The zero-order valence-corrected chi connectivity index (χ0v) is 12.6. The summed E-state index contributed by atoms with van der Waals surface area (Å²) in [4.78, 5) is 3.24. The van der Waals surface area contributed by atoms with E-state index in [1.54, 1.807) is 0 Å². The first-order valence-electron chi connectivity index (χ1n) is 7.80. The molecule has 0 fully saturated rings. The van der Waals surface area contributed by atoms with Crippen LogP contribution in [0.2, 0.25) is 0 Å². The van der Waals surface area contributed by atoms with Gasteiger partial charge in [-0.1, -0.05) is 42.5 Å². The van der Waals surface area contributed by atoms with Crippen molar-refractivity contribution in [2.24, 2.45) is 0 Å². The monoisotopic (exact) mass is 294 g/mol. The first-order chi connectivity index (χ1) is 10.9. The Balaban J connectivity index is 1.64. The van der Waals surface area contributed by atoms with Crippen LogP contribution in [-0.4, -0.2) is 23.2 Å². The molecule has 0 aliphatic carbocycles. The number of aliphatic hydroxyl groups excluding tert-OH is 1. The average molecular weight is 294 g/mol. The summed E-state index contributed by atoms with van der Waals surface area (Å²) in [6.07, 6.45) is 2.76. The van der Waals surface area contributed by atoms with Crippen LogP contribution >= 0.6 is 0 Å². The van der Waals surface area contributed by atoms with Gasteiger partial charge < -0.3 is 15.4 Å². The number of aromatic nitrogens is 1. The molecule has 0 saturated carbocycles. The second kappa shape index (κ2) is 7.25. The highest BCUT2D eigenvalue weighted by Crippen LogP contribution is 2.20. The zero-order valence-electron chi connectivity index (χ0n) is 12.6. The number of rotatable bonds is 7. The van der Waals surface area contributed by atoms with E-state index in [1.165, 1.54) is 22.0 Å². The lowest BCUT2D eigenvalue weighted by Gasteiger charge is -2.17. The molecule has 1 unspecified atom stereocenters. The Morgan fingerprint density at radius 1 is 1.00 bits per heavy atom. The fraction of sp³-hybridized carbons (Fsp3) is 0.263. The zero-order chi connectivity index (χ0) is 15.2. The van der Waals surface area contributed by atoms with Crippen LogP contribution in [0.1, 0.15) is 23.5 Å². The van der Waals surface area contributed by atoms with Crippen LogP contribution in [0.15, 0.2) is 60.8 Å². The Hall–Kier alpha value is -2.10. The number of fused-ring (bicyclic) bond motifs is 1. The minimum absolute atomic E-state index is 0.217. The van der Waals surface area contributed by atoms with Crippen molar-refractivity contribution in [3.8, 4) is 0 Å². The fourth-order valence-corrected chi connectivity index (χ4v) is 2.95. The number of aliphatic hydroxyl groups is 1. The Morgan fingerprint density at radius 3 is 2.68 bits per heavy atom. The van der Waals surface area contributed by atoms with Gasteiger partial charge in [-0.15, -0.1) is 0 Å². The molecule has 0 bridgehead atoms. The van der Waals surface area contributed by atoms with Crippen molar-refractivity contribution >= 4 is 10.9 Å². The first kappa shape index (κ1) is 14.8. The van der Waals surface area contributed by atoms with Gasteiger partial charge >= 0.3 is 0 Å². The molecule has 3 nitrogen and oxygen atoms in total. The van der Waals surface area contributed by atoms with Crippen molar-refractivity contribution in [2.45, 2.75) is 18.9 Å². The van der Waals surface area contributed by atoms with E-state index >= 15 is 0 Å². The lowest BCUT2D eigenvalue weighted by molar-refractivity contribution is 0.273. The highest BCUT2D eigenvalue weighted by Gasteiger charge is 2.10. The van der Waals surface area contributed by atoms with E-state index in [-0.39, 0.29) is 6.61 Å². The Kier molecular flexibility index (Phi) is 4.88. The summed E-state index contributed by atoms with van der Waals surface area (Å²) in [6.45, 7) is 1.92. The third-order valence-electron chi connectivity index (χ3n) is 4.14. The van der Waals surface area contributed by atoms with Gasteiger partial charge in [0.2, 0.25) is 0 Å². The fourth-order valence-electron chi connectivity index (χ4n) is 2.95. The Bertz CT molecular complexity index is 706. The molecular formula is C19H22N2O. The normalized spacial score (nSPS) is 12.6. The Morgan fingerprint density at radius 2 is 1.86 bits per heavy atom. The van der Waals surface area contributed by atoms with Crippen LogP contribution in [-0.2, 0) is 6.54 Å². The Labute approximate surface area is 131 Å². The van der Waals surface area contributed by atoms with Gasteiger partial charge in [0.15, 0.2) is 0 Å². The minimum atomic E-state index is 0.217. The largest absolute Gasteiger partial charge is 0.396 e. The van der Waals surface area contributed by atoms with Gasteiger partial charge in [0.1, 0.15) is 0 Å². The second-order valence-corrected chi connectivity index (χ2v) is 5.61. The number of nitrogens with one attached hydrogen (secondary N) is 2. The molecule has 3 aromatic rings. The number of benzene rings is 2. The lowest BCUT2D eigenvalue weighted by atomic mass is 9.96. The number of aromatic amines is 1. The molecule has 3 rings (SSSR count). The van der Waals surface area contributed by atoms with Gasteiger partial charge in [0.05, 0.1) is 0 Å². The van der Waals surface area contributed by atoms with E-state index in [0.29, 0.717) is 5.92 Å². The van der Waals surface area contributed by atoms with Gasteiger partial charge in [0, 0.05) is 36.8 Å². The maximum atomic E-state index is 9.30. The third-order valence-corrected chi connectivity index (χ3v) is 4.14. The SMILES string of the molecule is OCCC(CNCc1cccc2[nH]ccc12)c1ccccc1. The van der Waals surface area contributed by atoms with Crippen LogP contribution < -0.4 is 5.32 Å². The predicted molar refractivity (Wildman–Crippen MR) is 90.9 cm³/mol. The van der Waals surface area contributed by atoms with Crippen LogP contribution in [0.4, 0.5) is 0 Å². The molecule has 3 heteroatoms. The van der Waals surface area contributed by atoms with E-state index in [4.69, 9.17) is 0 Å². The highest BCUT2D eigenvalue weighted by atomic mass is 16.3. The van der Waals surface area contributed by atoms with Crippen molar-refractivity contribution in [3.05, 3.63) is 71.9 Å². The van der Waals surface area contributed by atoms with Gasteiger partial charge in [-0.25, -0.2) is 0 Å². The highest BCUT2D eigenvalue weighted by molar-refractivity contribution is 5.82. The molecule has 0 amide bonds. The van der Waals surface area contributed by atoms with Crippen molar-refractivity contribution < 1.29 is 5.11 Å². The van der Waals surface area contributed by atoms with Crippen molar-refractivity contribution in [1.29, 1.82) is 0 Å². The molecule has 2 aromatic carbocycles. The summed E-state index contributed by atoms with van der Waals surface area (Å²) in [5.74, 6) is 0.344. The van der Waals surface area contributed by atoms with E-state index in [0.717, 1.165) is 19.5 Å². The maximum Gasteiger partial charge on any atom is 0.0457 e. The quantitative estimate of drug-likeness (QED) is 0.625. The molecule has 22 heavy (non-hydrogen) atoms. The van der Waals surface area contributed by atoms with E-state index < -0.39 is 0 Å². The molecule has 0 radical (unpaired) electrons. The van der Waals surface area contributed by atoms with Gasteiger partial charge in [0.25, 0.3) is 0 Å². The third kappa shape index (κ3) is 3.38. The topological polar surface area (TPSA) is 48.0 Å². The van der Waals surface area contributed by atoms with Crippen LogP contribution in [0, 0.1) is 0 Å². The molecule has 1 heterocycles. The van der Waals surface area contributed by atoms with E-state index in [9.17, 15) is 5.11 Å². The van der Waals surface area contributed by atoms with Crippen molar-refractivity contribution in [1.82, 2.24) is 10.3 Å². The second-order valence-electron chi connectivity index (χ2n) is 5.61. The predicted octanol–water partition coefficient (Wildman–Crippen LogP) is 3.42. The number of hydrogen-bond acceptors (Lipinski definition) is 2. The molecular weight excluding hydrogens is 272 g/mol. The van der Waals surface area contributed by atoms with Crippen LogP contribution in [0.25, 0.3) is 10.9 Å². The molecule has 1 aromatic heterocycles. The standard InChI is InChI=1S/C19H22N2O/c22-12-10-16(15-5-2-1-3-6-15)13-20-14-17-7-4-8-19-18(17)9-11-21-19/h1-9,11,16,20-22H,10,12-14H2. The summed E-state index contributed by atoms with van der Waals surface area (Å²) in [6, 6.07) is 18.9. The lowest BCUT2D eigenvalue weighted by Crippen LogP contribution is -2.22. The molecule has 3 N–H and O–H groups in total. The molecule has 0 aliphatic rings. The number of H-pyrrole nitrogens is 1. The maximum absolute atomic E-state index is 9.30. The van der Waals surface area contributed by atoms with Crippen LogP contribution in [0.3, 0.4) is 0 Å². The summed E-state index contributed by atoms with van der Waals surface area (Å²) < 4.78 is 0. The van der Waals surface area contributed by atoms with E-state index in [2.05, 4.69) is 58.8 Å². The summed E-state index contributed by atoms with van der Waals surface area (Å²) in [5.41, 5.74) is 3.76. The van der Waals surface area contributed by atoms with E-state index in [1.807, 2.05) is 12.3 Å². The summed E-state index contributed by atoms with van der Waals surface area (Å²) in [7, 11) is 0. The molecule has 0 saturated heterocycles. The molecule has 1 atom stereocenters. The van der Waals surface area contributed by atoms with Gasteiger partial charge in [-0.3, -0.25) is 0 Å². The molecule has 114 valence electrons. The van der Waals surface area contributed by atoms with Gasteiger partial charge in [-0.05, 0) is 35.6 Å². The summed E-state index contributed by atoms with van der Waals surface area (Å²) >= 11 is 0. The number of hydrogen-bond donors (Lipinski definition) is 3. The molecule has 0 aliphatic heterocycles. The van der Waals surface area contributed by atoms with Crippen molar-refractivity contribution in [2.75, 3.05) is 13.2 Å². The summed E-state index contributed by atoms with van der Waals surface area (Å²) in [5, 5.41) is 14.1. The van der Waals surface area contributed by atoms with Crippen LogP contribution in [0.5, 0.6) is 0 Å². The smallest absolute Gasteiger partial charge is 0.0457 e. The average Bonchev–Trinajstić information content (AvgIpc) is 3.04. The first-order valence-corrected chi connectivity index (χ1v) is 7.80.